The van der Waals surface area contributed by atoms with Gasteiger partial charge in [0.2, 0.25) is 10.0 Å². The van der Waals surface area contributed by atoms with E-state index in [9.17, 15) is 8.42 Å². The molecule has 0 unspecified atom stereocenters. The average molecular weight is 347 g/mol. The fourth-order valence-electron chi connectivity index (χ4n) is 1.56. The fraction of sp³-hybridized carbons (Fsp3) is 0.0769. The predicted octanol–water partition coefficient (Wildman–Crippen LogP) is 3.28. The van der Waals surface area contributed by atoms with E-state index in [4.69, 9.17) is 33.7 Å². The van der Waals surface area contributed by atoms with Gasteiger partial charge in [0.05, 0.1) is 15.6 Å². The fourth-order valence-corrected chi connectivity index (χ4v) is 2.63. The standard InChI is InChI=1S/C13H12Cl2N2O3S/c1-17-21(18,19)9-3-5-11(16)13(7-9)20-12-6-8(14)2-4-10(12)15/h2-7,17H,16H2,1H3. The number of halogens is 2. The van der Waals surface area contributed by atoms with Gasteiger partial charge in [-0.1, -0.05) is 23.2 Å². The van der Waals surface area contributed by atoms with Crippen molar-refractivity contribution in [2.24, 2.45) is 0 Å². The number of ether oxygens (including phenoxy) is 1. The highest BCUT2D eigenvalue weighted by Gasteiger charge is 2.15. The van der Waals surface area contributed by atoms with Crippen LogP contribution in [0.4, 0.5) is 5.69 Å². The molecule has 0 aliphatic carbocycles. The van der Waals surface area contributed by atoms with Crippen LogP contribution in [-0.4, -0.2) is 15.5 Å². The number of nitrogen functional groups attached to an aromatic ring is 1. The number of nitrogens with one attached hydrogen (secondary N) is 1. The second-order valence-corrected chi connectivity index (χ2v) is 6.81. The summed E-state index contributed by atoms with van der Waals surface area (Å²) in [6.45, 7) is 0. The number of nitrogens with two attached hydrogens (primary N) is 1. The molecule has 0 bridgehead atoms. The first-order chi connectivity index (χ1) is 9.83. The van der Waals surface area contributed by atoms with Crippen LogP contribution in [0.5, 0.6) is 11.5 Å². The number of sulfonamides is 1. The monoisotopic (exact) mass is 346 g/mol. The third-order valence-electron chi connectivity index (χ3n) is 2.68. The molecule has 2 aromatic rings. The molecule has 2 rings (SSSR count). The van der Waals surface area contributed by atoms with E-state index in [1.807, 2.05) is 0 Å². The van der Waals surface area contributed by atoms with E-state index in [0.29, 0.717) is 10.0 Å². The Hall–Kier alpha value is -1.47. The van der Waals surface area contributed by atoms with Gasteiger partial charge in [-0.3, -0.25) is 0 Å². The Balaban J connectivity index is 2.45. The first-order valence-electron chi connectivity index (χ1n) is 5.79. The van der Waals surface area contributed by atoms with Crippen LogP contribution in [-0.2, 0) is 10.0 Å². The highest BCUT2D eigenvalue weighted by atomic mass is 35.5. The second-order valence-electron chi connectivity index (χ2n) is 4.08. The van der Waals surface area contributed by atoms with Gasteiger partial charge in [0, 0.05) is 17.2 Å². The highest BCUT2D eigenvalue weighted by Crippen LogP contribution is 2.35. The van der Waals surface area contributed by atoms with E-state index in [1.54, 1.807) is 12.1 Å². The number of anilines is 1. The molecule has 0 aromatic heterocycles. The molecule has 0 atom stereocenters. The summed E-state index contributed by atoms with van der Waals surface area (Å²) in [4.78, 5) is 0.0346. The summed E-state index contributed by atoms with van der Waals surface area (Å²) in [7, 11) is -2.27. The van der Waals surface area contributed by atoms with Crippen LogP contribution < -0.4 is 15.2 Å². The maximum atomic E-state index is 11.8. The first-order valence-corrected chi connectivity index (χ1v) is 8.03. The van der Waals surface area contributed by atoms with Crippen molar-refractivity contribution in [1.29, 1.82) is 0 Å². The highest BCUT2D eigenvalue weighted by molar-refractivity contribution is 7.89. The Bertz CT molecular complexity index is 779. The molecule has 2 aromatic carbocycles. The zero-order chi connectivity index (χ0) is 15.6. The van der Waals surface area contributed by atoms with Crippen molar-refractivity contribution in [2.75, 3.05) is 12.8 Å². The van der Waals surface area contributed by atoms with Crippen LogP contribution in [0.3, 0.4) is 0 Å². The third kappa shape index (κ3) is 3.59. The molecule has 0 aliphatic heterocycles. The van der Waals surface area contributed by atoms with Crippen LogP contribution in [0.1, 0.15) is 0 Å². The minimum Gasteiger partial charge on any atom is -0.454 e. The Morgan fingerprint density at radius 3 is 2.48 bits per heavy atom. The van der Waals surface area contributed by atoms with Crippen molar-refractivity contribution >= 4 is 38.9 Å². The normalized spacial score (nSPS) is 11.4. The maximum absolute atomic E-state index is 11.8. The molecule has 0 saturated carbocycles. The smallest absolute Gasteiger partial charge is 0.240 e. The van der Waals surface area contributed by atoms with E-state index in [1.165, 1.54) is 31.3 Å². The first kappa shape index (κ1) is 15.9. The zero-order valence-electron chi connectivity index (χ0n) is 10.9. The quantitative estimate of drug-likeness (QED) is 0.832. The number of rotatable bonds is 4. The third-order valence-corrected chi connectivity index (χ3v) is 4.64. The van der Waals surface area contributed by atoms with Crippen LogP contribution >= 0.6 is 23.2 Å². The molecule has 0 spiro atoms. The molecule has 112 valence electrons. The minimum absolute atomic E-state index is 0.0346. The van der Waals surface area contributed by atoms with E-state index in [2.05, 4.69) is 4.72 Å². The summed E-state index contributed by atoms with van der Waals surface area (Å²) in [6, 6.07) is 8.85. The van der Waals surface area contributed by atoms with Gasteiger partial charge >= 0.3 is 0 Å². The maximum Gasteiger partial charge on any atom is 0.240 e. The molecule has 0 aliphatic rings. The molecular formula is C13H12Cl2N2O3S. The lowest BCUT2D eigenvalue weighted by molar-refractivity contribution is 0.483. The summed E-state index contributed by atoms with van der Waals surface area (Å²) < 4.78 is 31.4. The predicted molar refractivity (Wildman–Crippen MR) is 83.6 cm³/mol. The molecule has 0 radical (unpaired) electrons. The molecule has 0 amide bonds. The lowest BCUT2D eigenvalue weighted by Gasteiger charge is -2.12. The van der Waals surface area contributed by atoms with Crippen molar-refractivity contribution < 1.29 is 13.2 Å². The summed E-state index contributed by atoms with van der Waals surface area (Å²) in [5, 5.41) is 0.771. The van der Waals surface area contributed by atoms with Gasteiger partial charge in [0.1, 0.15) is 5.75 Å². The van der Waals surface area contributed by atoms with Crippen LogP contribution in [0.2, 0.25) is 10.0 Å². The van der Waals surface area contributed by atoms with Crippen LogP contribution in [0.25, 0.3) is 0 Å². The lowest BCUT2D eigenvalue weighted by atomic mass is 10.3. The van der Waals surface area contributed by atoms with Gasteiger partial charge in [-0.15, -0.1) is 0 Å². The van der Waals surface area contributed by atoms with E-state index >= 15 is 0 Å². The van der Waals surface area contributed by atoms with Gasteiger partial charge < -0.3 is 10.5 Å². The number of benzene rings is 2. The molecule has 0 fully saturated rings. The topological polar surface area (TPSA) is 81.4 Å². The van der Waals surface area contributed by atoms with Crippen molar-refractivity contribution in [2.45, 2.75) is 4.90 Å². The largest absolute Gasteiger partial charge is 0.454 e. The molecule has 8 heteroatoms. The van der Waals surface area contributed by atoms with Gasteiger partial charge in [0.15, 0.2) is 5.75 Å². The molecule has 21 heavy (non-hydrogen) atoms. The molecular weight excluding hydrogens is 335 g/mol. The SMILES string of the molecule is CNS(=O)(=O)c1ccc(N)c(Oc2cc(Cl)ccc2Cl)c1. The Labute approximate surface area is 132 Å². The Morgan fingerprint density at radius 2 is 1.81 bits per heavy atom. The van der Waals surface area contributed by atoms with Crippen molar-refractivity contribution in [3.8, 4) is 11.5 Å². The van der Waals surface area contributed by atoms with Crippen molar-refractivity contribution in [1.82, 2.24) is 4.72 Å². The van der Waals surface area contributed by atoms with Crippen LogP contribution in [0.15, 0.2) is 41.3 Å². The number of hydrogen-bond acceptors (Lipinski definition) is 4. The summed E-state index contributed by atoms with van der Waals surface area (Å²) >= 11 is 11.9. The average Bonchev–Trinajstić information content (AvgIpc) is 2.45. The Morgan fingerprint density at radius 1 is 1.10 bits per heavy atom. The van der Waals surface area contributed by atoms with E-state index in [-0.39, 0.29) is 22.1 Å². The number of hydrogen-bond donors (Lipinski definition) is 2. The minimum atomic E-state index is -3.59. The van der Waals surface area contributed by atoms with Crippen molar-refractivity contribution in [3.05, 3.63) is 46.4 Å². The molecule has 0 saturated heterocycles. The van der Waals surface area contributed by atoms with Gasteiger partial charge in [-0.25, -0.2) is 13.1 Å². The van der Waals surface area contributed by atoms with Gasteiger partial charge in [-0.2, -0.15) is 0 Å². The zero-order valence-corrected chi connectivity index (χ0v) is 13.3. The molecule has 5 nitrogen and oxygen atoms in total. The van der Waals surface area contributed by atoms with Crippen molar-refractivity contribution in [3.63, 3.8) is 0 Å². The molecule has 0 heterocycles. The summed E-state index contributed by atoms with van der Waals surface area (Å²) in [6.07, 6.45) is 0. The van der Waals surface area contributed by atoms with Crippen LogP contribution in [0, 0.1) is 0 Å². The van der Waals surface area contributed by atoms with E-state index in [0.717, 1.165) is 0 Å². The summed E-state index contributed by atoms with van der Waals surface area (Å²) in [5.74, 6) is 0.463. The summed E-state index contributed by atoms with van der Waals surface area (Å²) in [5.41, 5.74) is 6.07. The second kappa shape index (κ2) is 6.11. The lowest BCUT2D eigenvalue weighted by Crippen LogP contribution is -2.18. The van der Waals surface area contributed by atoms with Gasteiger partial charge in [0.25, 0.3) is 0 Å². The van der Waals surface area contributed by atoms with Gasteiger partial charge in [-0.05, 0) is 31.3 Å². The molecule has 3 N–H and O–H groups in total. The Kier molecular flexibility index (Phi) is 4.63. The van der Waals surface area contributed by atoms with E-state index < -0.39 is 10.0 Å².